The van der Waals surface area contributed by atoms with E-state index in [0.29, 0.717) is 19.1 Å². The Morgan fingerprint density at radius 1 is 1.32 bits per heavy atom. The number of halogens is 3. The molecule has 0 aliphatic carbocycles. The van der Waals surface area contributed by atoms with Crippen molar-refractivity contribution < 1.29 is 13.2 Å². The predicted octanol–water partition coefficient (Wildman–Crippen LogP) is 2.43. The maximum atomic E-state index is 13.0. The molecule has 1 fully saturated rings. The van der Waals surface area contributed by atoms with Gasteiger partial charge in [0, 0.05) is 30.5 Å². The molecule has 1 aromatic carbocycles. The van der Waals surface area contributed by atoms with E-state index in [2.05, 4.69) is 0 Å². The lowest BCUT2D eigenvalue weighted by Crippen LogP contribution is -2.32. The van der Waals surface area contributed by atoms with Crippen LogP contribution in [-0.4, -0.2) is 38.1 Å². The summed E-state index contributed by atoms with van der Waals surface area (Å²) < 4.78 is 39.1. The Morgan fingerprint density at radius 3 is 2.53 bits per heavy atom. The molecule has 106 valence electrons. The van der Waals surface area contributed by atoms with Crippen molar-refractivity contribution >= 4 is 11.4 Å². The lowest BCUT2D eigenvalue weighted by atomic mass is 10.1. The Hall–Kier alpha value is -1.43. The van der Waals surface area contributed by atoms with E-state index in [9.17, 15) is 13.2 Å². The van der Waals surface area contributed by atoms with Gasteiger partial charge in [-0.05, 0) is 38.7 Å². The third-order valence-electron chi connectivity index (χ3n) is 3.56. The molecule has 1 unspecified atom stereocenters. The van der Waals surface area contributed by atoms with Gasteiger partial charge in [0.15, 0.2) is 0 Å². The number of nitrogens with two attached hydrogens (primary N) is 1. The number of benzene rings is 1. The van der Waals surface area contributed by atoms with Crippen LogP contribution < -0.4 is 10.6 Å². The van der Waals surface area contributed by atoms with Crippen LogP contribution in [0.2, 0.25) is 0 Å². The fourth-order valence-electron chi connectivity index (χ4n) is 2.44. The monoisotopic (exact) mass is 273 g/mol. The molecule has 1 aromatic rings. The van der Waals surface area contributed by atoms with Crippen molar-refractivity contribution in [1.82, 2.24) is 4.90 Å². The van der Waals surface area contributed by atoms with Crippen LogP contribution in [0.4, 0.5) is 24.5 Å². The third-order valence-corrected chi connectivity index (χ3v) is 3.56. The lowest BCUT2D eigenvalue weighted by molar-refractivity contribution is -0.137. The van der Waals surface area contributed by atoms with Crippen molar-refractivity contribution in [3.63, 3.8) is 0 Å². The third kappa shape index (κ3) is 2.94. The second-order valence-electron chi connectivity index (χ2n) is 5.13. The van der Waals surface area contributed by atoms with E-state index in [4.69, 9.17) is 5.73 Å². The molecule has 6 heteroatoms. The van der Waals surface area contributed by atoms with Gasteiger partial charge in [-0.3, -0.25) is 0 Å². The van der Waals surface area contributed by atoms with Gasteiger partial charge in [-0.15, -0.1) is 0 Å². The second kappa shape index (κ2) is 4.92. The number of hydrogen-bond donors (Lipinski definition) is 1. The zero-order valence-electron chi connectivity index (χ0n) is 11.0. The molecule has 1 aliphatic rings. The van der Waals surface area contributed by atoms with Crippen molar-refractivity contribution in [3.8, 4) is 0 Å². The summed E-state index contributed by atoms with van der Waals surface area (Å²) in [5.74, 6) is 0. The number of anilines is 2. The summed E-state index contributed by atoms with van der Waals surface area (Å²) in [6.45, 7) is 1.25. The fraction of sp³-hybridized carbons (Fsp3) is 0.538. The van der Waals surface area contributed by atoms with Crippen LogP contribution in [0.25, 0.3) is 0 Å². The molecule has 1 aliphatic heterocycles. The molecule has 0 spiro atoms. The Morgan fingerprint density at radius 2 is 2.00 bits per heavy atom. The first kappa shape index (κ1) is 14.0. The van der Waals surface area contributed by atoms with Crippen molar-refractivity contribution in [2.75, 3.05) is 37.8 Å². The standard InChI is InChI=1S/C13H18F3N3/c1-18(2)10-5-6-19(8-10)12-4-3-9(17)7-11(12)13(14,15)16/h3-4,7,10H,5-6,8,17H2,1-2H3. The average molecular weight is 273 g/mol. The molecule has 0 aromatic heterocycles. The van der Waals surface area contributed by atoms with Gasteiger partial charge in [0.1, 0.15) is 0 Å². The van der Waals surface area contributed by atoms with Gasteiger partial charge in [-0.2, -0.15) is 13.2 Å². The highest BCUT2D eigenvalue weighted by Gasteiger charge is 2.36. The molecule has 1 heterocycles. The normalized spacial score (nSPS) is 20.3. The van der Waals surface area contributed by atoms with Crippen LogP contribution in [0, 0.1) is 0 Å². The summed E-state index contributed by atoms with van der Waals surface area (Å²) in [7, 11) is 3.89. The van der Waals surface area contributed by atoms with Crippen LogP contribution in [0.15, 0.2) is 18.2 Å². The van der Waals surface area contributed by atoms with Crippen molar-refractivity contribution in [2.45, 2.75) is 18.6 Å². The van der Waals surface area contributed by atoms with Gasteiger partial charge in [-0.1, -0.05) is 0 Å². The summed E-state index contributed by atoms with van der Waals surface area (Å²) in [5.41, 5.74) is 5.19. The van der Waals surface area contributed by atoms with E-state index >= 15 is 0 Å². The molecule has 19 heavy (non-hydrogen) atoms. The number of hydrogen-bond acceptors (Lipinski definition) is 3. The molecule has 2 N–H and O–H groups in total. The van der Waals surface area contributed by atoms with Gasteiger partial charge in [0.2, 0.25) is 0 Å². The van der Waals surface area contributed by atoms with E-state index < -0.39 is 11.7 Å². The maximum absolute atomic E-state index is 13.0. The van der Waals surface area contributed by atoms with E-state index in [1.54, 1.807) is 4.90 Å². The van der Waals surface area contributed by atoms with Crippen LogP contribution in [0.5, 0.6) is 0 Å². The smallest absolute Gasteiger partial charge is 0.399 e. The molecule has 1 saturated heterocycles. The first-order chi connectivity index (χ1) is 8.79. The van der Waals surface area contributed by atoms with Gasteiger partial charge < -0.3 is 15.5 Å². The highest BCUT2D eigenvalue weighted by atomic mass is 19.4. The maximum Gasteiger partial charge on any atom is 0.418 e. The highest BCUT2D eigenvalue weighted by Crippen LogP contribution is 2.39. The van der Waals surface area contributed by atoms with Crippen molar-refractivity contribution in [3.05, 3.63) is 23.8 Å². The van der Waals surface area contributed by atoms with Gasteiger partial charge in [0.05, 0.1) is 5.56 Å². The topological polar surface area (TPSA) is 32.5 Å². The minimum absolute atomic E-state index is 0.138. The summed E-state index contributed by atoms with van der Waals surface area (Å²) >= 11 is 0. The van der Waals surface area contributed by atoms with Crippen LogP contribution in [0.3, 0.4) is 0 Å². The van der Waals surface area contributed by atoms with Gasteiger partial charge >= 0.3 is 6.18 Å². The second-order valence-corrected chi connectivity index (χ2v) is 5.13. The molecule has 0 amide bonds. The summed E-state index contributed by atoms with van der Waals surface area (Å²) in [6.07, 6.45) is -3.50. The predicted molar refractivity (Wildman–Crippen MR) is 70.2 cm³/mol. The quantitative estimate of drug-likeness (QED) is 0.840. The van der Waals surface area contributed by atoms with Gasteiger partial charge in [-0.25, -0.2) is 0 Å². The first-order valence-corrected chi connectivity index (χ1v) is 6.17. The Balaban J connectivity index is 2.31. The van der Waals surface area contributed by atoms with Crippen LogP contribution >= 0.6 is 0 Å². The molecular weight excluding hydrogens is 255 g/mol. The molecular formula is C13H18F3N3. The van der Waals surface area contributed by atoms with Crippen LogP contribution in [0.1, 0.15) is 12.0 Å². The number of nitrogens with zero attached hydrogens (tertiary/aromatic N) is 2. The number of alkyl halides is 3. The minimum atomic E-state index is -4.37. The van der Waals surface area contributed by atoms with E-state index in [1.165, 1.54) is 12.1 Å². The largest absolute Gasteiger partial charge is 0.418 e. The Labute approximate surface area is 110 Å². The summed E-state index contributed by atoms with van der Waals surface area (Å²) in [4.78, 5) is 3.83. The summed E-state index contributed by atoms with van der Waals surface area (Å²) in [6, 6.07) is 4.29. The van der Waals surface area contributed by atoms with Gasteiger partial charge in [0.25, 0.3) is 0 Å². The molecule has 0 bridgehead atoms. The minimum Gasteiger partial charge on any atom is -0.399 e. The van der Waals surface area contributed by atoms with Crippen molar-refractivity contribution in [2.24, 2.45) is 0 Å². The number of nitrogen functional groups attached to an aromatic ring is 1. The fourth-order valence-corrected chi connectivity index (χ4v) is 2.44. The Bertz CT molecular complexity index is 457. The molecule has 1 atom stereocenters. The van der Waals surface area contributed by atoms with E-state index in [0.717, 1.165) is 12.5 Å². The highest BCUT2D eigenvalue weighted by molar-refractivity contribution is 5.61. The molecule has 0 radical (unpaired) electrons. The number of likely N-dealkylation sites (N-methyl/N-ethyl adjacent to an activating group) is 1. The average Bonchev–Trinajstić information content (AvgIpc) is 2.77. The lowest BCUT2D eigenvalue weighted by Gasteiger charge is -2.25. The summed E-state index contributed by atoms with van der Waals surface area (Å²) in [5, 5.41) is 0. The molecule has 0 saturated carbocycles. The molecule has 3 nitrogen and oxygen atoms in total. The first-order valence-electron chi connectivity index (χ1n) is 6.17. The SMILES string of the molecule is CN(C)C1CCN(c2ccc(N)cc2C(F)(F)F)C1. The van der Waals surface area contributed by atoms with E-state index in [-0.39, 0.29) is 11.4 Å². The Kier molecular flexibility index (Phi) is 3.62. The zero-order chi connectivity index (χ0) is 14.2. The van der Waals surface area contributed by atoms with Crippen LogP contribution in [-0.2, 0) is 6.18 Å². The van der Waals surface area contributed by atoms with E-state index in [1.807, 2.05) is 19.0 Å². The zero-order valence-corrected chi connectivity index (χ0v) is 11.0. The number of rotatable bonds is 2. The molecule has 2 rings (SSSR count). The van der Waals surface area contributed by atoms with Crippen molar-refractivity contribution in [1.29, 1.82) is 0 Å².